The number of carbonyl (C=O) groups excluding carboxylic acids is 1. The second-order valence-corrected chi connectivity index (χ2v) is 23.2. The molecule has 0 atom stereocenters. The van der Waals surface area contributed by atoms with E-state index >= 15 is 0 Å². The average molecular weight is 1130 g/mol. The zero-order valence-corrected chi connectivity index (χ0v) is 43.4. The van der Waals surface area contributed by atoms with Crippen molar-refractivity contribution in [2.75, 3.05) is 33.7 Å². The van der Waals surface area contributed by atoms with Crippen LogP contribution < -0.4 is 4.74 Å². The fourth-order valence-electron chi connectivity index (χ4n) is 6.91. The van der Waals surface area contributed by atoms with Gasteiger partial charge in [-0.1, -0.05) is 17.4 Å². The lowest BCUT2D eigenvalue weighted by atomic mass is 10.0. The molecule has 27 nitrogen and oxygen atoms in total. The molecule has 0 spiro atoms. The summed E-state index contributed by atoms with van der Waals surface area (Å²) in [6.07, 6.45) is -0.0669. The first-order chi connectivity index (χ1) is 35.5. The van der Waals surface area contributed by atoms with Crippen molar-refractivity contribution in [2.24, 2.45) is 30.7 Å². The predicted molar refractivity (Wildman–Crippen MR) is 265 cm³/mol. The fourth-order valence-corrected chi connectivity index (χ4v) is 10.6. The van der Waals surface area contributed by atoms with Crippen molar-refractivity contribution in [2.45, 2.75) is 42.1 Å². The lowest BCUT2D eigenvalue weighted by Crippen LogP contribution is -2.11. The largest absolute Gasteiger partial charge is 0.505 e. The Morgan fingerprint density at radius 2 is 1.47 bits per heavy atom. The van der Waals surface area contributed by atoms with E-state index in [-0.39, 0.29) is 81.1 Å². The number of hydrogen-bond acceptors (Lipinski definition) is 26. The Morgan fingerprint density at radius 3 is 2.13 bits per heavy atom. The van der Waals surface area contributed by atoms with Crippen molar-refractivity contribution >= 4 is 113 Å². The highest BCUT2D eigenvalue weighted by molar-refractivity contribution is 7.87. The molecule has 0 amide bonds. The molecule has 7 aromatic rings. The highest BCUT2D eigenvalue weighted by Gasteiger charge is 2.26. The van der Waals surface area contributed by atoms with E-state index in [0.29, 0.717) is 16.6 Å². The number of phenolic OH excluding ortho intramolecular Hbond substituents is 1. The topological polar surface area (TPSA) is 386 Å². The van der Waals surface area contributed by atoms with Crippen LogP contribution >= 0.6 is 11.3 Å². The fraction of sp³-hybridized carbons (Fsp3) is 0.233. The number of ether oxygens (including phenoxy) is 2. The Bertz CT molecular complexity index is 3900. The van der Waals surface area contributed by atoms with Gasteiger partial charge in [0.25, 0.3) is 46.9 Å². The molecule has 0 aliphatic heterocycles. The molecule has 396 valence electrons. The number of rotatable bonds is 23. The number of aliphatic hydroxyl groups is 1. The predicted octanol–water partition coefficient (Wildman–Crippen LogP) is 7.57. The van der Waals surface area contributed by atoms with Crippen molar-refractivity contribution in [1.29, 1.82) is 0 Å². The van der Waals surface area contributed by atoms with Crippen molar-refractivity contribution < 1.29 is 80.4 Å². The first kappa shape index (κ1) is 55.5. The summed E-state index contributed by atoms with van der Waals surface area (Å²) in [5.74, 6) is -3.33. The summed E-state index contributed by atoms with van der Waals surface area (Å²) in [4.78, 5) is 14.7. The molecule has 7 rings (SSSR count). The van der Waals surface area contributed by atoms with E-state index in [9.17, 15) is 58.3 Å². The van der Waals surface area contributed by atoms with Gasteiger partial charge >= 0.3 is 0 Å². The minimum absolute atomic E-state index is 0.0571. The Hall–Kier alpha value is -7.27. The van der Waals surface area contributed by atoms with E-state index in [4.69, 9.17) is 13.7 Å². The summed E-state index contributed by atoms with van der Waals surface area (Å²) < 4.78 is 137. The standard InChI is InChI=1S/C43H41N9O18S5/c1-24-14-34(36(70-12-5-13-73(60,61)66-2)19-33(24)46-50-43-44-32-11-6-25(20-53)15-37(32)71-43)47-48-39-26(22-72(57,58)59)16-30-31(41(39)55)17-27(18-38(30)75(64,65)68-4)45-49-40-35(21-69-23-54)51-52(42(40)56)28-7-9-29(10-8-28)74(62,63)67-3/h6-11,14-19,23,53,55-56H,5,12-13,20-22H2,1-4H3,(H,57,58,59). The van der Waals surface area contributed by atoms with E-state index in [1.165, 1.54) is 35.6 Å². The molecule has 0 aliphatic carbocycles. The van der Waals surface area contributed by atoms with Crippen LogP contribution in [-0.4, -0.2) is 108 Å². The van der Waals surface area contributed by atoms with Crippen LogP contribution in [0.25, 0.3) is 26.7 Å². The zero-order valence-electron chi connectivity index (χ0n) is 39.3. The number of benzene rings is 5. The monoisotopic (exact) mass is 1130 g/mol. The van der Waals surface area contributed by atoms with Gasteiger partial charge in [-0.2, -0.15) is 48.6 Å². The summed E-state index contributed by atoms with van der Waals surface area (Å²) in [5.41, 5.74) is -0.0795. The van der Waals surface area contributed by atoms with Crippen LogP contribution in [0.3, 0.4) is 0 Å². The van der Waals surface area contributed by atoms with Crippen LogP contribution in [0.2, 0.25) is 0 Å². The van der Waals surface area contributed by atoms with Crippen molar-refractivity contribution in [3.8, 4) is 23.1 Å². The Labute approximate surface area is 430 Å². The summed E-state index contributed by atoms with van der Waals surface area (Å²) in [5, 5.41) is 61.6. The molecule has 0 unspecified atom stereocenters. The molecule has 5 aromatic carbocycles. The number of aliphatic hydroxyl groups excluding tert-OH is 1. The molecule has 0 bridgehead atoms. The molecule has 0 aliphatic rings. The zero-order chi connectivity index (χ0) is 54.5. The van der Waals surface area contributed by atoms with E-state index in [2.05, 4.69) is 49.1 Å². The molecular weight excluding hydrogens is 1090 g/mol. The molecule has 4 N–H and O–H groups in total. The first-order valence-corrected chi connectivity index (χ1v) is 28.0. The van der Waals surface area contributed by atoms with E-state index in [0.717, 1.165) is 61.0 Å². The van der Waals surface area contributed by atoms with E-state index < -0.39 is 92.0 Å². The van der Waals surface area contributed by atoms with Gasteiger partial charge < -0.3 is 24.8 Å². The van der Waals surface area contributed by atoms with Gasteiger partial charge in [-0.15, -0.1) is 25.6 Å². The van der Waals surface area contributed by atoms with Gasteiger partial charge in [0.05, 0.1) is 72.5 Å². The third-order valence-corrected chi connectivity index (χ3v) is 16.0. The molecule has 0 radical (unpaired) electrons. The third kappa shape index (κ3) is 13.0. The number of fused-ring (bicyclic) bond motifs is 2. The van der Waals surface area contributed by atoms with Crippen LogP contribution in [0.1, 0.15) is 28.8 Å². The number of carbonyl (C=O) groups is 1. The Balaban J connectivity index is 1.34. The molecule has 32 heteroatoms. The maximum atomic E-state index is 13.5. The second-order valence-electron chi connectivity index (χ2n) is 15.5. The molecule has 75 heavy (non-hydrogen) atoms. The molecule has 0 fully saturated rings. The molecule has 2 aromatic heterocycles. The van der Waals surface area contributed by atoms with Crippen molar-refractivity contribution in [3.63, 3.8) is 0 Å². The number of aromatic hydroxyl groups is 2. The van der Waals surface area contributed by atoms with E-state index in [1.807, 2.05) is 0 Å². The number of aromatic nitrogens is 3. The average Bonchev–Trinajstić information content (AvgIpc) is 3.94. The van der Waals surface area contributed by atoms with Gasteiger partial charge in [0.1, 0.15) is 40.1 Å². The van der Waals surface area contributed by atoms with Gasteiger partial charge in [0.15, 0.2) is 11.4 Å². The maximum absolute atomic E-state index is 13.5. The number of thiazole rings is 1. The number of azo groups is 3. The molecule has 0 saturated carbocycles. The molecule has 0 saturated heterocycles. The number of hydrogen-bond donors (Lipinski definition) is 4. The van der Waals surface area contributed by atoms with Crippen molar-refractivity contribution in [1.82, 2.24) is 14.8 Å². The van der Waals surface area contributed by atoms with Crippen LogP contribution in [0.4, 0.5) is 33.6 Å². The second kappa shape index (κ2) is 22.7. The SMILES string of the molecule is COS(=O)(=O)CCCOc1cc(N=Nc2nc3ccc(CO)cc3s2)c(C)cc1N=Nc1c(CS(=O)(=O)O)cc2c(S(=O)(=O)OC)cc(N=Nc3c(COC=O)nn(-c4ccc(S(=O)(=O)OC)cc4)c3O)cc2c1O. The summed E-state index contributed by atoms with van der Waals surface area (Å²) in [7, 11) is -14.9. The Kier molecular flexibility index (Phi) is 16.8. The number of nitrogens with zero attached hydrogens (tertiary/aromatic N) is 9. The minimum atomic E-state index is -4.95. The summed E-state index contributed by atoms with van der Waals surface area (Å²) in [6, 6.07) is 15.9. The van der Waals surface area contributed by atoms with Gasteiger partial charge in [-0.25, -0.2) is 4.98 Å². The lowest BCUT2D eigenvalue weighted by molar-refractivity contribution is -0.129. The van der Waals surface area contributed by atoms with E-state index in [1.54, 1.807) is 25.1 Å². The smallest absolute Gasteiger partial charge is 0.297 e. The highest BCUT2D eigenvalue weighted by atomic mass is 32.2. The van der Waals surface area contributed by atoms with Gasteiger partial charge in [0.2, 0.25) is 11.0 Å². The minimum Gasteiger partial charge on any atom is -0.505 e. The number of aryl methyl sites for hydroxylation is 1. The van der Waals surface area contributed by atoms with Gasteiger partial charge in [0, 0.05) is 22.4 Å². The lowest BCUT2D eigenvalue weighted by Gasteiger charge is -2.14. The number of phenols is 1. The quantitative estimate of drug-likeness (QED) is 0.0158. The third-order valence-electron chi connectivity index (χ3n) is 10.6. The highest BCUT2D eigenvalue weighted by Crippen LogP contribution is 2.46. The van der Waals surface area contributed by atoms with Crippen LogP contribution in [-0.2, 0) is 81.5 Å². The van der Waals surface area contributed by atoms with Crippen molar-refractivity contribution in [3.05, 3.63) is 95.2 Å². The van der Waals surface area contributed by atoms with Crippen LogP contribution in [0, 0.1) is 6.92 Å². The van der Waals surface area contributed by atoms with Crippen LogP contribution in [0.5, 0.6) is 17.4 Å². The Morgan fingerprint density at radius 1 is 0.760 bits per heavy atom. The summed E-state index contributed by atoms with van der Waals surface area (Å²) in [6.45, 7) is 0.727. The van der Waals surface area contributed by atoms with Gasteiger partial charge in [-0.3, -0.25) is 21.9 Å². The van der Waals surface area contributed by atoms with Gasteiger partial charge in [-0.05, 0) is 85.1 Å². The molecular formula is C43H41N9O18S5. The first-order valence-electron chi connectivity index (χ1n) is 21.2. The normalized spacial score (nSPS) is 12.8. The maximum Gasteiger partial charge on any atom is 0.297 e. The van der Waals surface area contributed by atoms with Crippen LogP contribution in [0.15, 0.2) is 113 Å². The molecule has 2 heterocycles. The summed E-state index contributed by atoms with van der Waals surface area (Å²) >= 11 is 1.21.